The van der Waals surface area contributed by atoms with E-state index < -0.39 is 5.97 Å². The number of fused-ring (bicyclic) bond motifs is 1. The molecule has 0 spiro atoms. The van der Waals surface area contributed by atoms with Crippen LogP contribution in [0.1, 0.15) is 33.3 Å². The number of anilines is 1. The fourth-order valence-electron chi connectivity index (χ4n) is 2.64. The predicted molar refractivity (Wildman–Crippen MR) is 80.2 cm³/mol. The molecular weight excluding hydrogens is 254 g/mol. The molecule has 2 N–H and O–H groups in total. The predicted octanol–water partition coefficient (Wildman–Crippen LogP) is 2.81. The first-order valence-electron chi connectivity index (χ1n) is 6.86. The van der Waals surface area contributed by atoms with Crippen LogP contribution in [0.3, 0.4) is 0 Å². The molecule has 0 aliphatic carbocycles. The summed E-state index contributed by atoms with van der Waals surface area (Å²) in [5.41, 5.74) is 1.67. The maximum Gasteiger partial charge on any atom is 0.307 e. The Hall–Kier alpha value is -2.04. The van der Waals surface area contributed by atoms with Gasteiger partial charge in [-0.25, -0.2) is 4.98 Å². The molecule has 108 valence electrons. The Balaban J connectivity index is 2.48. The second-order valence-electron chi connectivity index (χ2n) is 5.57. The third kappa shape index (κ3) is 2.76. The van der Waals surface area contributed by atoms with E-state index in [0.717, 1.165) is 22.3 Å². The van der Waals surface area contributed by atoms with E-state index in [1.54, 1.807) is 12.4 Å². The lowest BCUT2D eigenvalue weighted by molar-refractivity contribution is -0.136. The van der Waals surface area contributed by atoms with Gasteiger partial charge in [-0.15, -0.1) is 0 Å². The molecule has 0 saturated heterocycles. The van der Waals surface area contributed by atoms with Crippen molar-refractivity contribution in [3.8, 4) is 0 Å². The number of aliphatic carboxylic acids is 1. The number of hydrogen-bond donors (Lipinski definition) is 2. The number of H-pyrrole nitrogens is 1. The lowest BCUT2D eigenvalue weighted by Gasteiger charge is -2.31. The van der Waals surface area contributed by atoms with Crippen LogP contribution in [0.2, 0.25) is 0 Å². The molecule has 0 unspecified atom stereocenters. The molecule has 20 heavy (non-hydrogen) atoms. The van der Waals surface area contributed by atoms with Crippen molar-refractivity contribution in [2.24, 2.45) is 0 Å². The summed E-state index contributed by atoms with van der Waals surface area (Å²) < 4.78 is 0. The van der Waals surface area contributed by atoms with E-state index in [9.17, 15) is 4.79 Å². The molecule has 0 aromatic carbocycles. The standard InChI is InChI=1S/C15H21N3O2/c1-9(2)18(10(3)4)14-6-12-11(5-15(19)20)7-16-13(12)8-17-14/h6-10,16H,5H2,1-4H3,(H,19,20). The second-order valence-corrected chi connectivity index (χ2v) is 5.57. The molecule has 0 radical (unpaired) electrons. The van der Waals surface area contributed by atoms with Gasteiger partial charge in [0.15, 0.2) is 0 Å². The van der Waals surface area contributed by atoms with Gasteiger partial charge < -0.3 is 15.0 Å². The van der Waals surface area contributed by atoms with E-state index in [-0.39, 0.29) is 6.42 Å². The largest absolute Gasteiger partial charge is 0.481 e. The molecule has 5 heteroatoms. The molecule has 2 heterocycles. The second kappa shape index (κ2) is 5.53. The third-order valence-corrected chi connectivity index (χ3v) is 3.36. The highest BCUT2D eigenvalue weighted by Gasteiger charge is 2.17. The van der Waals surface area contributed by atoms with E-state index in [4.69, 9.17) is 5.11 Å². The van der Waals surface area contributed by atoms with Crippen molar-refractivity contribution >= 4 is 22.7 Å². The van der Waals surface area contributed by atoms with Crippen molar-refractivity contribution in [1.29, 1.82) is 0 Å². The van der Waals surface area contributed by atoms with Crippen LogP contribution in [0, 0.1) is 0 Å². The van der Waals surface area contributed by atoms with Gasteiger partial charge in [0.2, 0.25) is 0 Å². The van der Waals surface area contributed by atoms with Crippen LogP contribution in [0.4, 0.5) is 5.82 Å². The van der Waals surface area contributed by atoms with Gasteiger partial charge in [0, 0.05) is 23.7 Å². The first kappa shape index (κ1) is 14.4. The molecule has 2 rings (SSSR count). The molecule has 0 fully saturated rings. The van der Waals surface area contributed by atoms with Gasteiger partial charge in [0.05, 0.1) is 18.1 Å². The average Bonchev–Trinajstić information content (AvgIpc) is 2.70. The summed E-state index contributed by atoms with van der Waals surface area (Å²) in [6.07, 6.45) is 3.54. The smallest absolute Gasteiger partial charge is 0.307 e. The number of carbonyl (C=O) groups is 1. The van der Waals surface area contributed by atoms with E-state index in [1.807, 2.05) is 6.07 Å². The highest BCUT2D eigenvalue weighted by molar-refractivity contribution is 5.88. The summed E-state index contributed by atoms with van der Waals surface area (Å²) in [4.78, 5) is 20.7. The van der Waals surface area contributed by atoms with Crippen molar-refractivity contribution in [1.82, 2.24) is 9.97 Å². The number of hydrogen-bond acceptors (Lipinski definition) is 3. The zero-order valence-corrected chi connectivity index (χ0v) is 12.3. The van der Waals surface area contributed by atoms with E-state index in [1.165, 1.54) is 0 Å². The van der Waals surface area contributed by atoms with Crippen LogP contribution in [0.25, 0.3) is 10.9 Å². The highest BCUT2D eigenvalue weighted by atomic mass is 16.4. The molecule has 0 bridgehead atoms. The maximum absolute atomic E-state index is 10.9. The summed E-state index contributed by atoms with van der Waals surface area (Å²) in [7, 11) is 0. The van der Waals surface area contributed by atoms with Crippen molar-refractivity contribution in [3.05, 3.63) is 24.0 Å². The van der Waals surface area contributed by atoms with Gasteiger partial charge in [-0.2, -0.15) is 0 Å². The van der Waals surface area contributed by atoms with Crippen molar-refractivity contribution < 1.29 is 9.90 Å². The molecule has 0 aliphatic rings. The van der Waals surface area contributed by atoms with Crippen molar-refractivity contribution in [2.45, 2.75) is 46.2 Å². The van der Waals surface area contributed by atoms with Gasteiger partial charge in [0.1, 0.15) is 5.82 Å². The molecule has 2 aromatic rings. The van der Waals surface area contributed by atoms with Gasteiger partial charge in [-0.3, -0.25) is 4.79 Å². The lowest BCUT2D eigenvalue weighted by Crippen LogP contribution is -2.37. The normalized spacial score (nSPS) is 11.5. The van der Waals surface area contributed by atoms with Crippen molar-refractivity contribution in [2.75, 3.05) is 4.90 Å². The average molecular weight is 275 g/mol. The highest BCUT2D eigenvalue weighted by Crippen LogP contribution is 2.25. The molecule has 0 saturated carbocycles. The number of nitrogens with zero attached hydrogens (tertiary/aromatic N) is 2. The minimum absolute atomic E-state index is 0.0206. The number of rotatable bonds is 5. The SMILES string of the molecule is CC(C)N(c1cc2c(CC(=O)O)c[nH]c2cn1)C(C)C. The van der Waals surface area contributed by atoms with Crippen LogP contribution in [-0.4, -0.2) is 33.1 Å². The molecule has 0 aliphatic heterocycles. The van der Waals surface area contributed by atoms with Crippen LogP contribution < -0.4 is 4.90 Å². The Morgan fingerprint density at radius 2 is 2.00 bits per heavy atom. The molecular formula is C15H21N3O2. The number of aromatic nitrogens is 2. The number of carboxylic acid groups (broad SMARTS) is 1. The Morgan fingerprint density at radius 1 is 1.35 bits per heavy atom. The Labute approximate surface area is 118 Å². The van der Waals surface area contributed by atoms with Gasteiger partial charge in [0.25, 0.3) is 0 Å². The van der Waals surface area contributed by atoms with Crippen LogP contribution >= 0.6 is 0 Å². The Bertz CT molecular complexity index is 609. The minimum Gasteiger partial charge on any atom is -0.481 e. The Kier molecular flexibility index (Phi) is 3.97. The topological polar surface area (TPSA) is 69.2 Å². The lowest BCUT2D eigenvalue weighted by atomic mass is 10.1. The third-order valence-electron chi connectivity index (χ3n) is 3.36. The summed E-state index contributed by atoms with van der Waals surface area (Å²) in [6.45, 7) is 8.50. The number of nitrogens with one attached hydrogen (secondary N) is 1. The van der Waals surface area contributed by atoms with Gasteiger partial charge >= 0.3 is 5.97 Å². The Morgan fingerprint density at radius 3 is 2.55 bits per heavy atom. The molecule has 0 atom stereocenters. The first-order valence-corrected chi connectivity index (χ1v) is 6.86. The van der Waals surface area contributed by atoms with Crippen molar-refractivity contribution in [3.63, 3.8) is 0 Å². The fourth-order valence-corrected chi connectivity index (χ4v) is 2.64. The van der Waals surface area contributed by atoms with Gasteiger partial charge in [-0.1, -0.05) is 0 Å². The first-order chi connectivity index (χ1) is 9.40. The van der Waals surface area contributed by atoms with E-state index in [0.29, 0.717) is 12.1 Å². The minimum atomic E-state index is -0.825. The quantitative estimate of drug-likeness (QED) is 0.880. The van der Waals surface area contributed by atoms with Crippen LogP contribution in [-0.2, 0) is 11.2 Å². The summed E-state index contributed by atoms with van der Waals surface area (Å²) in [5.74, 6) is 0.0579. The number of carboxylic acids is 1. The summed E-state index contributed by atoms with van der Waals surface area (Å²) >= 11 is 0. The monoisotopic (exact) mass is 275 g/mol. The van der Waals surface area contributed by atoms with Gasteiger partial charge in [-0.05, 0) is 39.3 Å². The molecule has 2 aromatic heterocycles. The zero-order chi connectivity index (χ0) is 14.9. The molecule has 0 amide bonds. The summed E-state index contributed by atoms with van der Waals surface area (Å²) in [5, 5.41) is 9.89. The summed E-state index contributed by atoms with van der Waals surface area (Å²) in [6, 6.07) is 2.65. The van der Waals surface area contributed by atoms with Crippen LogP contribution in [0.15, 0.2) is 18.5 Å². The fraction of sp³-hybridized carbons (Fsp3) is 0.467. The zero-order valence-electron chi connectivity index (χ0n) is 12.3. The van der Waals surface area contributed by atoms with Crippen LogP contribution in [0.5, 0.6) is 0 Å². The number of aromatic amines is 1. The maximum atomic E-state index is 10.9. The number of pyridine rings is 1. The molecule has 5 nitrogen and oxygen atoms in total. The van der Waals surface area contributed by atoms with E-state index >= 15 is 0 Å². The van der Waals surface area contributed by atoms with E-state index in [2.05, 4.69) is 42.6 Å².